The Kier molecular flexibility index (Phi) is 4.10. The fraction of sp³-hybridized carbons (Fsp3) is 0.333. The Morgan fingerprint density at radius 1 is 1.11 bits per heavy atom. The first-order valence-electron chi connectivity index (χ1n) is 6.51. The minimum atomic E-state index is -0.239. The van der Waals surface area contributed by atoms with Gasteiger partial charge in [-0.2, -0.15) is 0 Å². The monoisotopic (exact) mass is 259 g/mol. The van der Waals surface area contributed by atoms with E-state index in [-0.39, 0.29) is 5.82 Å². The quantitative estimate of drug-likeness (QED) is 0.911. The number of hydrogen-bond donors (Lipinski definition) is 1. The van der Waals surface area contributed by atoms with Gasteiger partial charge in [0.1, 0.15) is 17.5 Å². The number of rotatable bonds is 4. The third kappa shape index (κ3) is 3.28. The SMILES string of the molecule is CCNc1cc(-c2cc(C)cc(F)c2)nc(CC)n1. The Labute approximate surface area is 112 Å². The molecule has 0 spiro atoms. The van der Waals surface area contributed by atoms with Crippen LogP contribution in [0.1, 0.15) is 25.2 Å². The Balaban J connectivity index is 2.50. The van der Waals surface area contributed by atoms with E-state index in [1.165, 1.54) is 12.1 Å². The molecule has 1 aromatic carbocycles. The van der Waals surface area contributed by atoms with Crippen LogP contribution in [0.4, 0.5) is 10.2 Å². The molecule has 1 N–H and O–H groups in total. The third-order valence-electron chi connectivity index (χ3n) is 2.78. The maximum Gasteiger partial charge on any atom is 0.131 e. The standard InChI is InChI=1S/C15H18FN3/c1-4-14-18-13(9-15(19-14)17-5-2)11-6-10(3)7-12(16)8-11/h6-9H,4-5H2,1-3H3,(H,17,18,19). The maximum atomic E-state index is 13.5. The van der Waals surface area contributed by atoms with Crippen molar-refractivity contribution in [2.24, 2.45) is 0 Å². The van der Waals surface area contributed by atoms with Gasteiger partial charge < -0.3 is 5.32 Å². The van der Waals surface area contributed by atoms with E-state index in [0.29, 0.717) is 0 Å². The second kappa shape index (κ2) is 5.78. The molecule has 0 saturated carbocycles. The molecule has 0 aliphatic heterocycles. The van der Waals surface area contributed by atoms with E-state index >= 15 is 0 Å². The molecule has 0 amide bonds. The highest BCUT2D eigenvalue weighted by molar-refractivity contribution is 5.63. The van der Waals surface area contributed by atoms with Crippen molar-refractivity contribution < 1.29 is 4.39 Å². The molecule has 0 saturated heterocycles. The van der Waals surface area contributed by atoms with Crippen molar-refractivity contribution in [1.29, 1.82) is 0 Å². The minimum absolute atomic E-state index is 0.239. The summed E-state index contributed by atoms with van der Waals surface area (Å²) in [4.78, 5) is 8.86. The van der Waals surface area contributed by atoms with Gasteiger partial charge in [0.05, 0.1) is 5.69 Å². The Hall–Kier alpha value is -1.97. The van der Waals surface area contributed by atoms with E-state index in [2.05, 4.69) is 15.3 Å². The number of benzene rings is 1. The molecule has 0 aliphatic carbocycles. The van der Waals surface area contributed by atoms with Crippen LogP contribution < -0.4 is 5.32 Å². The van der Waals surface area contributed by atoms with Crippen molar-refractivity contribution in [1.82, 2.24) is 9.97 Å². The van der Waals surface area contributed by atoms with Gasteiger partial charge in [-0.15, -0.1) is 0 Å². The fourth-order valence-electron chi connectivity index (χ4n) is 1.96. The Bertz CT molecular complexity index is 561. The van der Waals surface area contributed by atoms with E-state index in [1.54, 1.807) is 0 Å². The summed E-state index contributed by atoms with van der Waals surface area (Å²) in [5, 5.41) is 3.18. The van der Waals surface area contributed by atoms with Gasteiger partial charge in [-0.25, -0.2) is 14.4 Å². The lowest BCUT2D eigenvalue weighted by Crippen LogP contribution is -2.04. The number of nitrogens with zero attached hydrogens (tertiary/aromatic N) is 2. The normalized spacial score (nSPS) is 10.5. The summed E-state index contributed by atoms with van der Waals surface area (Å²) in [7, 11) is 0. The first-order chi connectivity index (χ1) is 9.12. The minimum Gasteiger partial charge on any atom is -0.370 e. The van der Waals surface area contributed by atoms with Gasteiger partial charge in [-0.1, -0.05) is 6.92 Å². The zero-order chi connectivity index (χ0) is 13.8. The predicted octanol–water partition coefficient (Wildman–Crippen LogP) is 3.59. The molecule has 1 heterocycles. The first kappa shape index (κ1) is 13.5. The molecule has 2 aromatic rings. The molecule has 0 aliphatic rings. The summed E-state index contributed by atoms with van der Waals surface area (Å²) in [5.74, 6) is 1.30. The van der Waals surface area contributed by atoms with Crippen molar-refractivity contribution in [3.05, 3.63) is 41.5 Å². The van der Waals surface area contributed by atoms with Gasteiger partial charge in [0.2, 0.25) is 0 Å². The molecule has 100 valence electrons. The number of nitrogens with one attached hydrogen (secondary N) is 1. The largest absolute Gasteiger partial charge is 0.370 e. The van der Waals surface area contributed by atoms with Crippen LogP contribution in [0.5, 0.6) is 0 Å². The van der Waals surface area contributed by atoms with Gasteiger partial charge in [-0.3, -0.25) is 0 Å². The van der Waals surface area contributed by atoms with Gasteiger partial charge in [0.15, 0.2) is 0 Å². The molecule has 0 radical (unpaired) electrons. The highest BCUT2D eigenvalue weighted by Gasteiger charge is 2.07. The number of anilines is 1. The number of halogens is 1. The van der Waals surface area contributed by atoms with Crippen molar-refractivity contribution >= 4 is 5.82 Å². The number of hydrogen-bond acceptors (Lipinski definition) is 3. The summed E-state index contributed by atoms with van der Waals surface area (Å²) < 4.78 is 13.5. The van der Waals surface area contributed by atoms with E-state index < -0.39 is 0 Å². The van der Waals surface area contributed by atoms with Crippen LogP contribution in [0.15, 0.2) is 24.3 Å². The van der Waals surface area contributed by atoms with E-state index in [4.69, 9.17) is 0 Å². The summed E-state index contributed by atoms with van der Waals surface area (Å²) >= 11 is 0. The topological polar surface area (TPSA) is 37.8 Å². The van der Waals surface area contributed by atoms with Crippen LogP contribution in [0, 0.1) is 12.7 Å². The van der Waals surface area contributed by atoms with Crippen molar-refractivity contribution in [2.75, 3.05) is 11.9 Å². The van der Waals surface area contributed by atoms with Crippen LogP contribution >= 0.6 is 0 Å². The first-order valence-corrected chi connectivity index (χ1v) is 6.51. The molecule has 0 bridgehead atoms. The van der Waals surface area contributed by atoms with Crippen molar-refractivity contribution in [3.8, 4) is 11.3 Å². The molecule has 0 atom stereocenters. The van der Waals surface area contributed by atoms with Crippen molar-refractivity contribution in [3.63, 3.8) is 0 Å². The molecule has 2 rings (SSSR count). The van der Waals surface area contributed by atoms with Crippen LogP contribution in [-0.2, 0) is 6.42 Å². The zero-order valence-corrected chi connectivity index (χ0v) is 11.5. The average Bonchev–Trinajstić information content (AvgIpc) is 2.37. The van der Waals surface area contributed by atoms with Gasteiger partial charge in [0, 0.05) is 24.6 Å². The Morgan fingerprint density at radius 3 is 2.53 bits per heavy atom. The molecule has 4 heteroatoms. The predicted molar refractivity (Wildman–Crippen MR) is 75.7 cm³/mol. The number of aromatic nitrogens is 2. The van der Waals surface area contributed by atoms with Gasteiger partial charge in [0.25, 0.3) is 0 Å². The van der Waals surface area contributed by atoms with Gasteiger partial charge >= 0.3 is 0 Å². The molecule has 0 unspecified atom stereocenters. The van der Waals surface area contributed by atoms with Crippen LogP contribution in [0.25, 0.3) is 11.3 Å². The molecular weight excluding hydrogens is 241 g/mol. The average molecular weight is 259 g/mol. The highest BCUT2D eigenvalue weighted by Crippen LogP contribution is 2.22. The fourth-order valence-corrected chi connectivity index (χ4v) is 1.96. The smallest absolute Gasteiger partial charge is 0.131 e. The summed E-state index contributed by atoms with van der Waals surface area (Å²) in [6.07, 6.45) is 0.751. The van der Waals surface area contributed by atoms with Crippen LogP contribution in [0.2, 0.25) is 0 Å². The summed E-state index contributed by atoms with van der Waals surface area (Å²) in [5.41, 5.74) is 2.43. The molecule has 0 fully saturated rings. The van der Waals surface area contributed by atoms with E-state index in [1.807, 2.05) is 32.9 Å². The highest BCUT2D eigenvalue weighted by atomic mass is 19.1. The second-order valence-electron chi connectivity index (χ2n) is 4.46. The molecule has 3 nitrogen and oxygen atoms in total. The number of aryl methyl sites for hydroxylation is 2. The summed E-state index contributed by atoms with van der Waals surface area (Å²) in [6.45, 7) is 6.69. The second-order valence-corrected chi connectivity index (χ2v) is 4.46. The van der Waals surface area contributed by atoms with E-state index in [9.17, 15) is 4.39 Å². The lowest BCUT2D eigenvalue weighted by molar-refractivity contribution is 0.627. The molecular formula is C15H18FN3. The zero-order valence-electron chi connectivity index (χ0n) is 11.5. The van der Waals surface area contributed by atoms with Crippen LogP contribution in [0.3, 0.4) is 0 Å². The maximum absolute atomic E-state index is 13.5. The van der Waals surface area contributed by atoms with Gasteiger partial charge in [-0.05, 0) is 37.6 Å². The Morgan fingerprint density at radius 2 is 1.89 bits per heavy atom. The van der Waals surface area contributed by atoms with E-state index in [0.717, 1.165) is 41.4 Å². The van der Waals surface area contributed by atoms with Crippen molar-refractivity contribution in [2.45, 2.75) is 27.2 Å². The third-order valence-corrected chi connectivity index (χ3v) is 2.78. The lowest BCUT2D eigenvalue weighted by atomic mass is 10.1. The molecule has 1 aromatic heterocycles. The summed E-state index contributed by atoms with van der Waals surface area (Å²) in [6, 6.07) is 6.80. The molecule has 19 heavy (non-hydrogen) atoms. The lowest BCUT2D eigenvalue weighted by Gasteiger charge is -2.09. The van der Waals surface area contributed by atoms with Crippen LogP contribution in [-0.4, -0.2) is 16.5 Å².